The highest BCUT2D eigenvalue weighted by Crippen LogP contribution is 2.32. The topological polar surface area (TPSA) is 149 Å². The largest absolute Gasteiger partial charge is 0.482 e. The van der Waals surface area contributed by atoms with Gasteiger partial charge >= 0.3 is 0 Å². The Bertz CT molecular complexity index is 623. The minimum absolute atomic E-state index is 0.135. The highest BCUT2D eigenvalue weighted by molar-refractivity contribution is 5.40. The number of nitrogens with zero attached hydrogens (tertiary/aromatic N) is 3. The van der Waals surface area contributed by atoms with Gasteiger partial charge in [0.15, 0.2) is 0 Å². The minimum atomic E-state index is 0.135. The van der Waals surface area contributed by atoms with Crippen LogP contribution in [0.4, 0.5) is 0 Å². The lowest BCUT2D eigenvalue weighted by Crippen LogP contribution is -2.17. The van der Waals surface area contributed by atoms with Gasteiger partial charge in [-0.3, -0.25) is 0 Å². The monoisotopic (exact) mass is 567 g/mol. The molecular formula is C24H45N3O12. The second kappa shape index (κ2) is 27.6. The fraction of sp³-hybridized carbons (Fsp3) is 0.875. The van der Waals surface area contributed by atoms with E-state index in [0.717, 1.165) is 0 Å². The summed E-state index contributed by atoms with van der Waals surface area (Å²) in [6.45, 7) is 7.43. The van der Waals surface area contributed by atoms with Gasteiger partial charge in [-0.15, -0.1) is 0 Å². The summed E-state index contributed by atoms with van der Waals surface area (Å²) in [6.07, 6.45) is 0. The molecule has 0 N–H and O–H groups in total. The molecule has 0 amide bonds. The lowest BCUT2D eigenvalue weighted by atomic mass is 10.5. The van der Waals surface area contributed by atoms with Crippen LogP contribution in [-0.4, -0.2) is 156 Å². The summed E-state index contributed by atoms with van der Waals surface area (Å²) in [5.41, 5.74) is 0. The Balaban J connectivity index is 2.44. The van der Waals surface area contributed by atoms with Crippen LogP contribution in [0.5, 0.6) is 17.5 Å². The van der Waals surface area contributed by atoms with E-state index >= 15 is 0 Å². The third-order valence-electron chi connectivity index (χ3n) is 4.48. The molecule has 15 heteroatoms. The van der Waals surface area contributed by atoms with Crippen LogP contribution >= 0.6 is 0 Å². The van der Waals surface area contributed by atoms with Crippen LogP contribution in [0.25, 0.3) is 0 Å². The van der Waals surface area contributed by atoms with Crippen molar-refractivity contribution in [1.29, 1.82) is 0 Å². The third-order valence-corrected chi connectivity index (χ3v) is 4.48. The van der Waals surface area contributed by atoms with E-state index in [4.69, 9.17) is 56.8 Å². The Hall–Kier alpha value is -1.95. The maximum absolute atomic E-state index is 5.83. The molecule has 1 heterocycles. The van der Waals surface area contributed by atoms with E-state index < -0.39 is 0 Å². The summed E-state index contributed by atoms with van der Waals surface area (Å²) in [6, 6.07) is 0. The van der Waals surface area contributed by atoms with Gasteiger partial charge in [0, 0.05) is 21.3 Å². The first kappa shape index (κ1) is 35.1. The van der Waals surface area contributed by atoms with Crippen LogP contribution in [0.3, 0.4) is 0 Å². The average Bonchev–Trinajstić information content (AvgIpc) is 2.95. The second-order valence-electron chi connectivity index (χ2n) is 7.43. The van der Waals surface area contributed by atoms with Gasteiger partial charge in [-0.25, -0.2) is 0 Å². The molecule has 0 saturated heterocycles. The summed E-state index contributed by atoms with van der Waals surface area (Å²) in [4.78, 5) is 0. The lowest BCUT2D eigenvalue weighted by Gasteiger charge is -2.14. The molecule has 0 aliphatic heterocycles. The first-order chi connectivity index (χ1) is 19.3. The van der Waals surface area contributed by atoms with E-state index in [-0.39, 0.29) is 37.3 Å². The summed E-state index contributed by atoms with van der Waals surface area (Å²) in [5.74, 6) is 0.487. The van der Waals surface area contributed by atoms with Crippen molar-refractivity contribution in [3.05, 3.63) is 0 Å². The van der Waals surface area contributed by atoms with E-state index in [9.17, 15) is 0 Å². The maximum Gasteiger partial charge on any atom is 0.284 e. The predicted molar refractivity (Wildman–Crippen MR) is 137 cm³/mol. The van der Waals surface area contributed by atoms with Gasteiger partial charge in [0.05, 0.1) is 99.1 Å². The van der Waals surface area contributed by atoms with E-state index in [2.05, 4.69) is 15.4 Å². The second-order valence-corrected chi connectivity index (χ2v) is 7.43. The molecular weight excluding hydrogens is 522 g/mol. The van der Waals surface area contributed by atoms with Crippen molar-refractivity contribution in [1.82, 2.24) is 15.4 Å². The molecule has 1 rings (SSSR count). The van der Waals surface area contributed by atoms with Gasteiger partial charge in [0.1, 0.15) is 19.8 Å². The summed E-state index contributed by atoms with van der Waals surface area (Å²) < 4.78 is 64.6. The molecule has 228 valence electrons. The van der Waals surface area contributed by atoms with Crippen molar-refractivity contribution in [2.24, 2.45) is 0 Å². The van der Waals surface area contributed by atoms with Crippen LogP contribution in [0, 0.1) is 0 Å². The molecule has 0 saturated carbocycles. The number of ether oxygens (including phenoxy) is 12. The normalized spacial score (nSPS) is 11.2. The average molecular weight is 568 g/mol. The molecule has 1 aromatic heterocycles. The van der Waals surface area contributed by atoms with Gasteiger partial charge in [0.25, 0.3) is 11.8 Å². The van der Waals surface area contributed by atoms with Crippen molar-refractivity contribution in [2.45, 2.75) is 0 Å². The van der Waals surface area contributed by atoms with Crippen LogP contribution in [0.2, 0.25) is 0 Å². The van der Waals surface area contributed by atoms with Crippen LogP contribution in [0.15, 0.2) is 0 Å². The third kappa shape index (κ3) is 20.6. The SMILES string of the molecule is COCCOCCOCCOc1nnnc(OCCOCCOCCOC)c1OCCOCCOCCOC. The number of methoxy groups -OCH3 is 3. The molecule has 39 heavy (non-hydrogen) atoms. The van der Waals surface area contributed by atoms with E-state index in [1.165, 1.54) is 0 Å². The standard InChI is InChI=1S/C24H45N3O12/c1-28-4-7-31-10-13-34-16-19-37-22-23(38-20-17-35-14-11-32-8-5-29-2)25-27-26-24(22)39-21-18-36-15-12-33-9-6-30-3/h4-21H2,1-3H3. The fourth-order valence-corrected chi connectivity index (χ4v) is 2.59. The first-order valence-corrected chi connectivity index (χ1v) is 12.9. The van der Waals surface area contributed by atoms with Gasteiger partial charge in [-0.2, -0.15) is 0 Å². The lowest BCUT2D eigenvalue weighted by molar-refractivity contribution is 0.0138. The van der Waals surface area contributed by atoms with E-state index in [1.54, 1.807) is 21.3 Å². The minimum Gasteiger partial charge on any atom is -0.482 e. The zero-order chi connectivity index (χ0) is 28.1. The first-order valence-electron chi connectivity index (χ1n) is 12.9. The molecule has 0 fully saturated rings. The van der Waals surface area contributed by atoms with Crippen LogP contribution < -0.4 is 14.2 Å². The molecule has 0 radical (unpaired) electrons. The zero-order valence-electron chi connectivity index (χ0n) is 23.5. The van der Waals surface area contributed by atoms with E-state index in [1.807, 2.05) is 0 Å². The summed E-state index contributed by atoms with van der Waals surface area (Å²) in [7, 11) is 4.87. The van der Waals surface area contributed by atoms with Gasteiger partial charge in [-0.1, -0.05) is 10.2 Å². The van der Waals surface area contributed by atoms with Crippen LogP contribution in [0.1, 0.15) is 0 Å². The molecule has 0 spiro atoms. The summed E-state index contributed by atoms with van der Waals surface area (Å²) in [5, 5.41) is 11.6. The predicted octanol–water partition coefficient (Wildman–Crippen LogP) is 0.0468. The Kier molecular flexibility index (Phi) is 24.8. The highest BCUT2D eigenvalue weighted by atomic mass is 16.6. The van der Waals surface area contributed by atoms with E-state index in [0.29, 0.717) is 99.1 Å². The highest BCUT2D eigenvalue weighted by Gasteiger charge is 2.18. The number of rotatable bonds is 30. The molecule has 0 aliphatic rings. The van der Waals surface area contributed by atoms with Crippen molar-refractivity contribution in [3.8, 4) is 17.5 Å². The summed E-state index contributed by atoms with van der Waals surface area (Å²) >= 11 is 0. The van der Waals surface area contributed by atoms with Gasteiger partial charge < -0.3 is 56.8 Å². The molecule has 0 atom stereocenters. The van der Waals surface area contributed by atoms with Crippen molar-refractivity contribution < 1.29 is 56.8 Å². The molecule has 0 unspecified atom stereocenters. The number of hydrogen-bond acceptors (Lipinski definition) is 15. The van der Waals surface area contributed by atoms with Crippen molar-refractivity contribution >= 4 is 0 Å². The van der Waals surface area contributed by atoms with Gasteiger partial charge in [0.2, 0.25) is 5.75 Å². The Morgan fingerprint density at radius 3 is 0.974 bits per heavy atom. The molecule has 15 nitrogen and oxygen atoms in total. The smallest absolute Gasteiger partial charge is 0.284 e. The quantitative estimate of drug-likeness (QED) is 0.115. The Labute approximate surface area is 230 Å². The number of aromatic nitrogens is 3. The molecule has 1 aromatic rings. The van der Waals surface area contributed by atoms with Gasteiger partial charge in [-0.05, 0) is 5.21 Å². The van der Waals surface area contributed by atoms with Crippen molar-refractivity contribution in [2.75, 3.05) is 140 Å². The fourth-order valence-electron chi connectivity index (χ4n) is 2.59. The van der Waals surface area contributed by atoms with Crippen LogP contribution in [-0.2, 0) is 42.6 Å². The zero-order valence-corrected chi connectivity index (χ0v) is 23.5. The molecule has 0 bridgehead atoms. The maximum atomic E-state index is 5.83. The Morgan fingerprint density at radius 2 is 0.641 bits per heavy atom. The molecule has 0 aliphatic carbocycles. The molecule has 0 aromatic carbocycles. The van der Waals surface area contributed by atoms with Crippen molar-refractivity contribution in [3.63, 3.8) is 0 Å². The number of hydrogen-bond donors (Lipinski definition) is 0. The Morgan fingerprint density at radius 1 is 0.359 bits per heavy atom.